The molecule has 0 N–H and O–H groups in total. The number of carbonyl (C=O) groups excluding carboxylic acids is 3. The average Bonchev–Trinajstić information content (AvgIpc) is 2.96. The first kappa shape index (κ1) is 16.7. The van der Waals surface area contributed by atoms with E-state index >= 15 is 0 Å². The van der Waals surface area contributed by atoms with Gasteiger partial charge in [-0.1, -0.05) is 19.9 Å². The van der Waals surface area contributed by atoms with Crippen LogP contribution in [-0.2, 0) is 23.9 Å². The van der Waals surface area contributed by atoms with Crippen molar-refractivity contribution in [2.75, 3.05) is 7.11 Å². The first-order chi connectivity index (χ1) is 10.3. The summed E-state index contributed by atoms with van der Waals surface area (Å²) in [5.41, 5.74) is -2.29. The van der Waals surface area contributed by atoms with E-state index in [0.29, 0.717) is 6.42 Å². The first-order valence-corrected chi connectivity index (χ1v) is 7.71. The second-order valence-corrected chi connectivity index (χ2v) is 6.72. The molecule has 0 unspecified atom stereocenters. The van der Waals surface area contributed by atoms with E-state index in [1.807, 2.05) is 0 Å². The summed E-state index contributed by atoms with van der Waals surface area (Å²) in [4.78, 5) is 37.1. The number of hydrogen-bond donors (Lipinski definition) is 0. The van der Waals surface area contributed by atoms with Crippen LogP contribution in [0.25, 0.3) is 0 Å². The predicted octanol–water partition coefficient (Wildman–Crippen LogP) is 2.29. The Bertz CT molecular complexity index is 523. The molecule has 0 radical (unpaired) electrons. The zero-order valence-corrected chi connectivity index (χ0v) is 13.7. The topological polar surface area (TPSA) is 69.7 Å². The molecule has 2 fully saturated rings. The molecular formula is C17H24O5. The van der Waals surface area contributed by atoms with Gasteiger partial charge in [-0.25, -0.2) is 0 Å². The SMILES string of the molecule is C=C[C@@H]1CC[C@@H](C(C)=O)[C@]12C[C@](C(=O)OC)(C(C)C)C(=O)O2. The van der Waals surface area contributed by atoms with Crippen LogP contribution in [0.2, 0.25) is 0 Å². The van der Waals surface area contributed by atoms with E-state index in [1.54, 1.807) is 19.9 Å². The van der Waals surface area contributed by atoms with Crippen molar-refractivity contribution < 1.29 is 23.9 Å². The van der Waals surface area contributed by atoms with Gasteiger partial charge in [0.1, 0.15) is 11.4 Å². The molecule has 22 heavy (non-hydrogen) atoms. The summed E-state index contributed by atoms with van der Waals surface area (Å²) in [5, 5.41) is 0. The lowest BCUT2D eigenvalue weighted by atomic mass is 9.67. The number of esters is 2. The third-order valence-corrected chi connectivity index (χ3v) is 5.50. The number of ketones is 1. The predicted molar refractivity (Wildman–Crippen MR) is 79.8 cm³/mol. The summed E-state index contributed by atoms with van der Waals surface area (Å²) in [6.45, 7) is 8.94. The van der Waals surface area contributed by atoms with E-state index in [0.717, 1.165) is 6.42 Å². The van der Waals surface area contributed by atoms with Gasteiger partial charge in [-0.15, -0.1) is 6.58 Å². The molecule has 2 rings (SSSR count). The molecule has 5 heteroatoms. The molecule has 1 aliphatic heterocycles. The second-order valence-electron chi connectivity index (χ2n) is 6.72. The Morgan fingerprint density at radius 3 is 2.50 bits per heavy atom. The Labute approximate surface area is 131 Å². The van der Waals surface area contributed by atoms with Gasteiger partial charge < -0.3 is 9.47 Å². The molecule has 0 amide bonds. The Morgan fingerprint density at radius 2 is 2.05 bits per heavy atom. The largest absolute Gasteiger partial charge is 0.468 e. The van der Waals surface area contributed by atoms with Gasteiger partial charge in [0.05, 0.1) is 13.0 Å². The normalized spacial score (nSPS) is 37.4. The number of rotatable bonds is 4. The van der Waals surface area contributed by atoms with Gasteiger partial charge >= 0.3 is 11.9 Å². The van der Waals surface area contributed by atoms with Crippen LogP contribution in [-0.4, -0.2) is 30.4 Å². The van der Waals surface area contributed by atoms with Gasteiger partial charge in [0.15, 0.2) is 5.41 Å². The molecule has 1 spiro atoms. The summed E-state index contributed by atoms with van der Waals surface area (Å²) in [6.07, 6.45) is 3.30. The van der Waals surface area contributed by atoms with E-state index in [-0.39, 0.29) is 30.0 Å². The van der Waals surface area contributed by atoms with Crippen molar-refractivity contribution in [3.8, 4) is 0 Å². The van der Waals surface area contributed by atoms with Crippen LogP contribution in [0.15, 0.2) is 12.7 Å². The first-order valence-electron chi connectivity index (χ1n) is 7.71. The van der Waals surface area contributed by atoms with Gasteiger partial charge in [0, 0.05) is 12.3 Å². The smallest absolute Gasteiger partial charge is 0.324 e. The Morgan fingerprint density at radius 1 is 1.41 bits per heavy atom. The lowest BCUT2D eigenvalue weighted by molar-refractivity contribution is -0.168. The van der Waals surface area contributed by atoms with E-state index in [4.69, 9.17) is 9.47 Å². The average molecular weight is 308 g/mol. The van der Waals surface area contributed by atoms with Gasteiger partial charge in [-0.05, 0) is 25.7 Å². The summed E-state index contributed by atoms with van der Waals surface area (Å²) >= 11 is 0. The van der Waals surface area contributed by atoms with Crippen LogP contribution in [0.5, 0.6) is 0 Å². The highest BCUT2D eigenvalue weighted by atomic mass is 16.6. The summed E-state index contributed by atoms with van der Waals surface area (Å²) in [7, 11) is 1.27. The number of carbonyl (C=O) groups is 3. The molecule has 5 nitrogen and oxygen atoms in total. The zero-order chi connectivity index (χ0) is 16.7. The molecule has 0 aromatic carbocycles. The van der Waals surface area contributed by atoms with Crippen molar-refractivity contribution >= 4 is 17.7 Å². The van der Waals surface area contributed by atoms with Crippen molar-refractivity contribution in [1.29, 1.82) is 0 Å². The maximum atomic E-state index is 12.7. The van der Waals surface area contributed by atoms with E-state index in [1.165, 1.54) is 14.0 Å². The highest BCUT2D eigenvalue weighted by Gasteiger charge is 2.69. The zero-order valence-electron chi connectivity index (χ0n) is 13.7. The number of hydrogen-bond acceptors (Lipinski definition) is 5. The molecule has 1 saturated heterocycles. The van der Waals surface area contributed by atoms with Crippen molar-refractivity contribution in [3.05, 3.63) is 12.7 Å². The maximum absolute atomic E-state index is 12.7. The molecule has 1 heterocycles. The lowest BCUT2D eigenvalue weighted by Gasteiger charge is -2.34. The fourth-order valence-electron chi connectivity index (χ4n) is 4.18. The highest BCUT2D eigenvalue weighted by molar-refractivity contribution is 6.02. The van der Waals surface area contributed by atoms with E-state index in [2.05, 4.69) is 6.58 Å². The third-order valence-electron chi connectivity index (χ3n) is 5.50. The highest BCUT2D eigenvalue weighted by Crippen LogP contribution is 2.57. The monoisotopic (exact) mass is 308 g/mol. The molecule has 0 bridgehead atoms. The maximum Gasteiger partial charge on any atom is 0.324 e. The van der Waals surface area contributed by atoms with Gasteiger partial charge in [-0.2, -0.15) is 0 Å². The molecule has 122 valence electrons. The minimum atomic E-state index is -1.34. The number of Topliss-reactive ketones (excluding diaryl/α,β-unsaturated/α-hetero) is 1. The summed E-state index contributed by atoms with van der Waals surface area (Å²) in [6, 6.07) is 0. The molecule has 4 atom stereocenters. The van der Waals surface area contributed by atoms with Gasteiger partial charge in [0.25, 0.3) is 0 Å². The third kappa shape index (κ3) is 2.02. The molecule has 0 aromatic rings. The molecule has 1 aliphatic carbocycles. The van der Waals surface area contributed by atoms with Crippen LogP contribution in [0.1, 0.15) is 40.0 Å². The summed E-state index contributed by atoms with van der Waals surface area (Å²) < 4.78 is 10.6. The Hall–Kier alpha value is -1.65. The Kier molecular flexibility index (Phi) is 4.20. The Balaban J connectivity index is 2.54. The fourth-order valence-corrected chi connectivity index (χ4v) is 4.18. The number of methoxy groups -OCH3 is 1. The minimum Gasteiger partial charge on any atom is -0.468 e. The minimum absolute atomic E-state index is 0.0124. The second kappa shape index (κ2) is 5.52. The van der Waals surface area contributed by atoms with Crippen molar-refractivity contribution in [2.45, 2.75) is 45.6 Å². The molecular weight excluding hydrogens is 284 g/mol. The molecule has 1 saturated carbocycles. The standard InChI is InChI=1S/C17H24O5/c1-6-12-7-8-13(11(4)18)17(12)9-16(10(2)3,14(19)21-5)15(20)22-17/h6,10,12-13H,1,7-9H2,2-5H3/t12-,13+,16-,17+/m1/s1. The quantitative estimate of drug-likeness (QED) is 0.453. The van der Waals surface area contributed by atoms with E-state index in [9.17, 15) is 14.4 Å². The van der Waals surface area contributed by atoms with Gasteiger partial charge in [-0.3, -0.25) is 14.4 Å². The van der Waals surface area contributed by atoms with Gasteiger partial charge in [0.2, 0.25) is 0 Å². The van der Waals surface area contributed by atoms with Crippen molar-refractivity contribution in [2.24, 2.45) is 23.2 Å². The van der Waals surface area contributed by atoms with E-state index < -0.39 is 23.0 Å². The summed E-state index contributed by atoms with van der Waals surface area (Å²) in [5.74, 6) is -1.94. The van der Waals surface area contributed by atoms with Crippen molar-refractivity contribution in [1.82, 2.24) is 0 Å². The molecule has 2 aliphatic rings. The van der Waals surface area contributed by atoms with Crippen molar-refractivity contribution in [3.63, 3.8) is 0 Å². The fraction of sp³-hybridized carbons (Fsp3) is 0.706. The lowest BCUT2D eigenvalue weighted by Crippen LogP contribution is -2.45. The van der Waals surface area contributed by atoms with Crippen LogP contribution < -0.4 is 0 Å². The number of ether oxygens (including phenoxy) is 2. The van der Waals surface area contributed by atoms with Crippen LogP contribution in [0.3, 0.4) is 0 Å². The molecule has 0 aromatic heterocycles. The van der Waals surface area contributed by atoms with Crippen LogP contribution >= 0.6 is 0 Å². The van der Waals surface area contributed by atoms with Crippen LogP contribution in [0, 0.1) is 23.2 Å². The van der Waals surface area contributed by atoms with Crippen LogP contribution in [0.4, 0.5) is 0 Å².